The lowest BCUT2D eigenvalue weighted by Crippen LogP contribution is -2.49. The molecule has 2 rings (SSSR count). The number of hydrogen-bond acceptors (Lipinski definition) is 2. The third-order valence-corrected chi connectivity index (χ3v) is 3.82. The van der Waals surface area contributed by atoms with Crippen molar-refractivity contribution >= 4 is 46.4 Å². The van der Waals surface area contributed by atoms with E-state index >= 15 is 0 Å². The smallest absolute Gasteiger partial charge is 0.253 e. The quantitative estimate of drug-likeness (QED) is 0.602. The van der Waals surface area contributed by atoms with E-state index in [1.165, 1.54) is 18.2 Å². The normalized spacial score (nSPS) is 12.6. The number of nitrogens with one attached hydrogen (secondary N) is 2. The van der Waals surface area contributed by atoms with Gasteiger partial charge in [-0.15, -0.1) is 0 Å². The number of aryl methyl sites for hydroxylation is 1. The molecule has 2 N–H and O–H groups in total. The molecule has 1 atom stereocenters. The van der Waals surface area contributed by atoms with E-state index in [1.54, 1.807) is 31.2 Å². The summed E-state index contributed by atoms with van der Waals surface area (Å²) in [5.41, 5.74) is 1.34. The summed E-state index contributed by atoms with van der Waals surface area (Å²) in [4.78, 5) is 12.4. The van der Waals surface area contributed by atoms with Gasteiger partial charge in [-0.1, -0.05) is 65.1 Å². The first-order valence-corrected chi connectivity index (χ1v) is 7.86. The molecule has 0 bridgehead atoms. The molecule has 0 aliphatic heterocycles. The molecule has 0 saturated heterocycles. The van der Waals surface area contributed by atoms with Crippen LogP contribution in [-0.2, 0) is 0 Å². The van der Waals surface area contributed by atoms with Gasteiger partial charge in [-0.25, -0.2) is 4.39 Å². The molecule has 0 aliphatic carbocycles. The van der Waals surface area contributed by atoms with Crippen LogP contribution in [0.4, 0.5) is 10.1 Å². The van der Waals surface area contributed by atoms with Gasteiger partial charge in [0.05, 0.1) is 5.69 Å². The van der Waals surface area contributed by atoms with Gasteiger partial charge >= 0.3 is 0 Å². The zero-order valence-electron chi connectivity index (χ0n) is 12.1. The van der Waals surface area contributed by atoms with Crippen molar-refractivity contribution in [2.75, 3.05) is 5.32 Å². The number of carbonyl (C=O) groups excluding carboxylic acids is 1. The molecule has 0 saturated carbocycles. The third kappa shape index (κ3) is 4.74. The Kier molecular flexibility index (Phi) is 5.74. The predicted molar refractivity (Wildman–Crippen MR) is 92.7 cm³/mol. The first-order valence-electron chi connectivity index (χ1n) is 6.73. The Morgan fingerprint density at radius 1 is 1.09 bits per heavy atom. The number of para-hydroxylation sites is 1. The van der Waals surface area contributed by atoms with Gasteiger partial charge in [0.25, 0.3) is 5.91 Å². The summed E-state index contributed by atoms with van der Waals surface area (Å²) in [7, 11) is 0. The predicted octanol–water partition coefficient (Wildman–Crippen LogP) is 4.67. The highest BCUT2D eigenvalue weighted by atomic mass is 35.6. The van der Waals surface area contributed by atoms with Crippen molar-refractivity contribution in [2.45, 2.75) is 16.9 Å². The van der Waals surface area contributed by atoms with Crippen LogP contribution in [0.1, 0.15) is 15.9 Å². The second-order valence-corrected chi connectivity index (χ2v) is 7.26. The van der Waals surface area contributed by atoms with Gasteiger partial charge < -0.3 is 10.6 Å². The van der Waals surface area contributed by atoms with Gasteiger partial charge in [0.2, 0.25) is 3.79 Å². The molecule has 0 aromatic heterocycles. The Morgan fingerprint density at radius 3 is 2.30 bits per heavy atom. The Hall–Kier alpha value is -1.49. The summed E-state index contributed by atoms with van der Waals surface area (Å²) < 4.78 is 11.9. The van der Waals surface area contributed by atoms with Crippen molar-refractivity contribution < 1.29 is 9.18 Å². The summed E-state index contributed by atoms with van der Waals surface area (Å²) in [6, 6.07) is 12.9. The van der Waals surface area contributed by atoms with Gasteiger partial charge in [-0.2, -0.15) is 0 Å². The SMILES string of the molecule is Cc1ccccc1C(=O)NC(Nc1ccccc1F)C(Cl)(Cl)Cl. The molecule has 0 fully saturated rings. The van der Waals surface area contributed by atoms with Crippen molar-refractivity contribution in [2.24, 2.45) is 0 Å². The molecular weight excluding hydrogens is 362 g/mol. The van der Waals surface area contributed by atoms with Crippen molar-refractivity contribution in [3.05, 3.63) is 65.5 Å². The number of amides is 1. The molecule has 122 valence electrons. The maximum Gasteiger partial charge on any atom is 0.253 e. The van der Waals surface area contributed by atoms with Gasteiger partial charge in [-0.3, -0.25) is 4.79 Å². The van der Waals surface area contributed by atoms with E-state index in [-0.39, 0.29) is 5.69 Å². The van der Waals surface area contributed by atoms with Crippen molar-refractivity contribution in [3.8, 4) is 0 Å². The standard InChI is InChI=1S/C16H14Cl3FN2O/c1-10-6-2-3-7-11(10)14(23)22-15(16(17,18)19)21-13-9-5-4-8-12(13)20/h2-9,15,21H,1H3,(H,22,23). The monoisotopic (exact) mass is 374 g/mol. The van der Waals surface area contributed by atoms with Crippen LogP contribution in [0.5, 0.6) is 0 Å². The van der Waals surface area contributed by atoms with Crippen molar-refractivity contribution in [1.29, 1.82) is 0 Å². The molecule has 1 amide bonds. The van der Waals surface area contributed by atoms with Crippen LogP contribution in [0.15, 0.2) is 48.5 Å². The van der Waals surface area contributed by atoms with E-state index in [4.69, 9.17) is 34.8 Å². The van der Waals surface area contributed by atoms with Crippen LogP contribution >= 0.6 is 34.8 Å². The number of rotatable bonds is 4. The number of hydrogen-bond donors (Lipinski definition) is 2. The fourth-order valence-electron chi connectivity index (χ4n) is 1.97. The molecule has 7 heteroatoms. The lowest BCUT2D eigenvalue weighted by atomic mass is 10.1. The highest BCUT2D eigenvalue weighted by Gasteiger charge is 2.34. The fourth-order valence-corrected chi connectivity index (χ4v) is 2.30. The highest BCUT2D eigenvalue weighted by Crippen LogP contribution is 2.31. The zero-order chi connectivity index (χ0) is 17.0. The Balaban J connectivity index is 2.22. The minimum Gasteiger partial charge on any atom is -0.359 e. The fraction of sp³-hybridized carbons (Fsp3) is 0.188. The summed E-state index contributed by atoms with van der Waals surface area (Å²) in [5, 5.41) is 5.28. The van der Waals surface area contributed by atoms with Crippen LogP contribution in [0.25, 0.3) is 0 Å². The lowest BCUT2D eigenvalue weighted by molar-refractivity contribution is 0.0941. The van der Waals surface area contributed by atoms with Crippen LogP contribution in [-0.4, -0.2) is 15.9 Å². The van der Waals surface area contributed by atoms with Crippen molar-refractivity contribution in [1.82, 2.24) is 5.32 Å². The van der Waals surface area contributed by atoms with E-state index in [0.717, 1.165) is 5.56 Å². The summed E-state index contributed by atoms with van der Waals surface area (Å²) in [5.74, 6) is -0.944. The molecule has 0 aliphatic rings. The first kappa shape index (κ1) is 17.9. The van der Waals surface area contributed by atoms with Gasteiger partial charge in [0.15, 0.2) is 0 Å². The van der Waals surface area contributed by atoms with Crippen LogP contribution in [0.2, 0.25) is 0 Å². The average Bonchev–Trinajstić information content (AvgIpc) is 2.48. The molecule has 2 aromatic carbocycles. The second-order valence-electron chi connectivity index (χ2n) is 4.89. The largest absolute Gasteiger partial charge is 0.359 e. The number of halogens is 4. The average molecular weight is 376 g/mol. The first-order chi connectivity index (χ1) is 10.8. The van der Waals surface area contributed by atoms with Crippen LogP contribution < -0.4 is 10.6 Å². The number of alkyl halides is 3. The second kappa shape index (κ2) is 7.39. The zero-order valence-corrected chi connectivity index (χ0v) is 14.4. The third-order valence-electron chi connectivity index (χ3n) is 3.17. The molecule has 3 nitrogen and oxygen atoms in total. The summed E-state index contributed by atoms with van der Waals surface area (Å²) >= 11 is 17.7. The maximum atomic E-state index is 13.8. The minimum absolute atomic E-state index is 0.119. The van der Waals surface area contributed by atoms with E-state index < -0.39 is 21.7 Å². The highest BCUT2D eigenvalue weighted by molar-refractivity contribution is 6.68. The molecule has 2 aromatic rings. The molecule has 0 radical (unpaired) electrons. The van der Waals surface area contributed by atoms with Crippen LogP contribution in [0, 0.1) is 12.7 Å². The van der Waals surface area contributed by atoms with Gasteiger partial charge in [0.1, 0.15) is 12.0 Å². The van der Waals surface area contributed by atoms with E-state index in [0.29, 0.717) is 5.56 Å². The Labute approximate surface area is 148 Å². The number of carbonyl (C=O) groups is 1. The Morgan fingerprint density at radius 2 is 1.70 bits per heavy atom. The van der Waals surface area contributed by atoms with E-state index in [2.05, 4.69) is 10.6 Å². The number of benzene rings is 2. The molecule has 1 unspecified atom stereocenters. The molecule has 0 spiro atoms. The lowest BCUT2D eigenvalue weighted by Gasteiger charge is -2.27. The molecule has 0 heterocycles. The maximum absolute atomic E-state index is 13.8. The van der Waals surface area contributed by atoms with Crippen LogP contribution in [0.3, 0.4) is 0 Å². The summed E-state index contributed by atoms with van der Waals surface area (Å²) in [6.07, 6.45) is -1.11. The Bertz CT molecular complexity index is 704. The van der Waals surface area contributed by atoms with Gasteiger partial charge in [-0.05, 0) is 30.7 Å². The summed E-state index contributed by atoms with van der Waals surface area (Å²) in [6.45, 7) is 1.80. The van der Waals surface area contributed by atoms with E-state index in [1.807, 2.05) is 6.07 Å². The molecular formula is C16H14Cl3FN2O. The topological polar surface area (TPSA) is 41.1 Å². The number of anilines is 1. The molecule has 23 heavy (non-hydrogen) atoms. The van der Waals surface area contributed by atoms with Crippen molar-refractivity contribution in [3.63, 3.8) is 0 Å². The van der Waals surface area contributed by atoms with Gasteiger partial charge in [0, 0.05) is 5.56 Å². The minimum atomic E-state index is -1.87. The van der Waals surface area contributed by atoms with E-state index in [9.17, 15) is 9.18 Å².